The first-order chi connectivity index (χ1) is 10.8. The number of nitrogens with one attached hydrogen (secondary N) is 2. The van der Waals surface area contributed by atoms with Gasteiger partial charge in [-0.05, 0) is 30.7 Å². The van der Waals surface area contributed by atoms with Gasteiger partial charge in [0.2, 0.25) is 0 Å². The fraction of sp³-hybridized carbons (Fsp3) is 0.533. The fourth-order valence-electron chi connectivity index (χ4n) is 2.17. The molecule has 0 aliphatic carbocycles. The van der Waals surface area contributed by atoms with E-state index in [0.717, 1.165) is 44.8 Å². The van der Waals surface area contributed by atoms with E-state index in [9.17, 15) is 9.59 Å². The summed E-state index contributed by atoms with van der Waals surface area (Å²) < 4.78 is 5.27. The second-order valence-electron chi connectivity index (χ2n) is 5.10. The Morgan fingerprint density at radius 3 is 2.55 bits per heavy atom. The number of carbonyl (C=O) groups excluding carboxylic acids is 2. The SMILES string of the molecule is O=C(NCCCN1CCOCC1)C(=O)NCc1ccncc1. The molecule has 120 valence electrons. The lowest BCUT2D eigenvalue weighted by atomic mass is 10.3. The summed E-state index contributed by atoms with van der Waals surface area (Å²) in [4.78, 5) is 29.5. The highest BCUT2D eigenvalue weighted by molar-refractivity contribution is 6.35. The van der Waals surface area contributed by atoms with Gasteiger partial charge in [0.25, 0.3) is 0 Å². The van der Waals surface area contributed by atoms with E-state index in [2.05, 4.69) is 20.5 Å². The van der Waals surface area contributed by atoms with Crippen LogP contribution in [0, 0.1) is 0 Å². The average molecular weight is 306 g/mol. The number of rotatable bonds is 6. The fourth-order valence-corrected chi connectivity index (χ4v) is 2.17. The van der Waals surface area contributed by atoms with Crippen LogP contribution in [0.3, 0.4) is 0 Å². The number of amides is 2. The van der Waals surface area contributed by atoms with Gasteiger partial charge >= 0.3 is 11.8 Å². The Morgan fingerprint density at radius 2 is 1.82 bits per heavy atom. The molecule has 22 heavy (non-hydrogen) atoms. The molecule has 0 spiro atoms. The van der Waals surface area contributed by atoms with Gasteiger partial charge in [-0.15, -0.1) is 0 Å². The number of nitrogens with zero attached hydrogens (tertiary/aromatic N) is 2. The minimum atomic E-state index is -0.608. The van der Waals surface area contributed by atoms with Gasteiger partial charge in [0, 0.05) is 38.6 Å². The molecule has 0 atom stereocenters. The molecule has 2 N–H and O–H groups in total. The maximum absolute atomic E-state index is 11.6. The Kier molecular flexibility index (Phi) is 6.79. The Bertz CT molecular complexity index is 475. The van der Waals surface area contributed by atoms with Crippen molar-refractivity contribution in [1.82, 2.24) is 20.5 Å². The van der Waals surface area contributed by atoms with Crippen molar-refractivity contribution in [2.75, 3.05) is 39.4 Å². The van der Waals surface area contributed by atoms with Gasteiger partial charge in [-0.1, -0.05) is 0 Å². The van der Waals surface area contributed by atoms with Crippen molar-refractivity contribution in [2.45, 2.75) is 13.0 Å². The molecule has 0 bridgehead atoms. The summed E-state index contributed by atoms with van der Waals surface area (Å²) in [5.74, 6) is -1.20. The molecule has 1 aliphatic heterocycles. The van der Waals surface area contributed by atoms with Gasteiger partial charge in [-0.25, -0.2) is 0 Å². The molecule has 2 heterocycles. The van der Waals surface area contributed by atoms with Crippen molar-refractivity contribution in [3.8, 4) is 0 Å². The number of aromatic nitrogens is 1. The molecule has 7 nitrogen and oxygen atoms in total. The van der Waals surface area contributed by atoms with Crippen molar-refractivity contribution in [2.24, 2.45) is 0 Å². The summed E-state index contributed by atoms with van der Waals surface area (Å²) in [5, 5.41) is 5.22. The number of hydrogen-bond donors (Lipinski definition) is 2. The minimum absolute atomic E-state index is 0.322. The summed E-state index contributed by atoms with van der Waals surface area (Å²) in [5.41, 5.74) is 0.906. The summed E-state index contributed by atoms with van der Waals surface area (Å²) in [7, 11) is 0. The molecule has 2 amide bonds. The van der Waals surface area contributed by atoms with Crippen LogP contribution in [0.5, 0.6) is 0 Å². The molecular weight excluding hydrogens is 284 g/mol. The smallest absolute Gasteiger partial charge is 0.309 e. The third-order valence-corrected chi connectivity index (χ3v) is 3.45. The quantitative estimate of drug-likeness (QED) is 0.549. The third kappa shape index (κ3) is 5.79. The van der Waals surface area contributed by atoms with Gasteiger partial charge in [-0.3, -0.25) is 19.5 Å². The molecule has 1 fully saturated rings. The lowest BCUT2D eigenvalue weighted by Crippen LogP contribution is -2.41. The number of ether oxygens (including phenoxy) is 1. The lowest BCUT2D eigenvalue weighted by Gasteiger charge is -2.26. The predicted molar refractivity (Wildman–Crippen MR) is 81.0 cm³/mol. The second-order valence-corrected chi connectivity index (χ2v) is 5.10. The van der Waals surface area contributed by atoms with Crippen LogP contribution in [-0.4, -0.2) is 61.1 Å². The zero-order valence-corrected chi connectivity index (χ0v) is 12.6. The first-order valence-corrected chi connectivity index (χ1v) is 7.51. The van der Waals surface area contributed by atoms with Crippen LogP contribution >= 0.6 is 0 Å². The Hall–Kier alpha value is -1.99. The van der Waals surface area contributed by atoms with E-state index in [0.29, 0.717) is 13.1 Å². The van der Waals surface area contributed by atoms with Gasteiger partial charge in [0.05, 0.1) is 13.2 Å². The molecule has 0 aromatic carbocycles. The highest BCUT2D eigenvalue weighted by Crippen LogP contribution is 1.97. The van der Waals surface area contributed by atoms with Gasteiger partial charge in [0.15, 0.2) is 0 Å². The average Bonchev–Trinajstić information content (AvgIpc) is 2.58. The van der Waals surface area contributed by atoms with E-state index in [1.54, 1.807) is 24.5 Å². The molecule has 1 saturated heterocycles. The van der Waals surface area contributed by atoms with Crippen molar-refractivity contribution < 1.29 is 14.3 Å². The summed E-state index contributed by atoms with van der Waals surface area (Å²) in [6, 6.07) is 3.58. The summed E-state index contributed by atoms with van der Waals surface area (Å²) in [6.07, 6.45) is 4.11. The van der Waals surface area contributed by atoms with Crippen LogP contribution in [0.15, 0.2) is 24.5 Å². The van der Waals surface area contributed by atoms with E-state index in [1.807, 2.05) is 0 Å². The summed E-state index contributed by atoms with van der Waals surface area (Å²) >= 11 is 0. The van der Waals surface area contributed by atoms with Crippen LogP contribution in [0.25, 0.3) is 0 Å². The summed E-state index contributed by atoms with van der Waals surface area (Å²) in [6.45, 7) is 5.12. The Morgan fingerprint density at radius 1 is 1.14 bits per heavy atom. The Balaban J connectivity index is 1.57. The zero-order valence-electron chi connectivity index (χ0n) is 12.6. The van der Waals surface area contributed by atoms with Crippen LogP contribution in [0.4, 0.5) is 0 Å². The van der Waals surface area contributed by atoms with E-state index in [4.69, 9.17) is 4.74 Å². The van der Waals surface area contributed by atoms with Gasteiger partial charge in [0.1, 0.15) is 0 Å². The van der Waals surface area contributed by atoms with Crippen molar-refractivity contribution >= 4 is 11.8 Å². The number of morpholine rings is 1. The molecule has 2 rings (SSSR count). The highest BCUT2D eigenvalue weighted by Gasteiger charge is 2.13. The standard InChI is InChI=1S/C15H22N4O3/c20-14(15(21)18-12-13-2-5-16-6-3-13)17-4-1-7-19-8-10-22-11-9-19/h2-3,5-6H,1,4,7-12H2,(H,17,20)(H,18,21). The minimum Gasteiger partial charge on any atom is -0.379 e. The normalized spacial score (nSPS) is 15.3. The van der Waals surface area contributed by atoms with Crippen LogP contribution in [-0.2, 0) is 20.9 Å². The number of hydrogen-bond acceptors (Lipinski definition) is 5. The van der Waals surface area contributed by atoms with Gasteiger partial charge in [-0.2, -0.15) is 0 Å². The lowest BCUT2D eigenvalue weighted by molar-refractivity contribution is -0.139. The maximum Gasteiger partial charge on any atom is 0.309 e. The predicted octanol–water partition coefficient (Wildman–Crippen LogP) is -0.464. The Labute approximate surface area is 130 Å². The molecular formula is C15H22N4O3. The maximum atomic E-state index is 11.6. The molecule has 0 radical (unpaired) electrons. The third-order valence-electron chi connectivity index (χ3n) is 3.45. The second kappa shape index (κ2) is 9.11. The first-order valence-electron chi connectivity index (χ1n) is 7.51. The van der Waals surface area contributed by atoms with E-state index < -0.39 is 11.8 Å². The molecule has 7 heteroatoms. The highest BCUT2D eigenvalue weighted by atomic mass is 16.5. The number of carbonyl (C=O) groups is 2. The first kappa shape index (κ1) is 16.4. The topological polar surface area (TPSA) is 83.6 Å². The molecule has 1 aromatic heterocycles. The number of pyridine rings is 1. The van der Waals surface area contributed by atoms with E-state index in [-0.39, 0.29) is 0 Å². The molecule has 0 saturated carbocycles. The molecule has 1 aromatic rings. The van der Waals surface area contributed by atoms with Crippen LogP contribution in [0.2, 0.25) is 0 Å². The molecule has 1 aliphatic rings. The van der Waals surface area contributed by atoms with Crippen LogP contribution in [0.1, 0.15) is 12.0 Å². The van der Waals surface area contributed by atoms with E-state index >= 15 is 0 Å². The van der Waals surface area contributed by atoms with Crippen LogP contribution < -0.4 is 10.6 Å². The van der Waals surface area contributed by atoms with Crippen molar-refractivity contribution in [3.05, 3.63) is 30.1 Å². The largest absolute Gasteiger partial charge is 0.379 e. The van der Waals surface area contributed by atoms with E-state index in [1.165, 1.54) is 0 Å². The van der Waals surface area contributed by atoms with Crippen molar-refractivity contribution in [3.63, 3.8) is 0 Å². The monoisotopic (exact) mass is 306 g/mol. The molecule has 0 unspecified atom stereocenters. The van der Waals surface area contributed by atoms with Crippen molar-refractivity contribution in [1.29, 1.82) is 0 Å². The zero-order chi connectivity index (χ0) is 15.6. The van der Waals surface area contributed by atoms with Gasteiger partial charge < -0.3 is 15.4 Å².